The minimum atomic E-state index is -0.874. The van der Waals surface area contributed by atoms with Crippen LogP contribution in [0.25, 0.3) is 0 Å². The van der Waals surface area contributed by atoms with E-state index in [1.807, 2.05) is 32.9 Å². The first kappa shape index (κ1) is 22.7. The summed E-state index contributed by atoms with van der Waals surface area (Å²) in [6.07, 6.45) is 2.47. The monoisotopic (exact) mass is 408 g/mol. The molecule has 0 saturated carbocycles. The average molecular weight is 409 g/mol. The fourth-order valence-corrected chi connectivity index (χ4v) is 4.31. The van der Waals surface area contributed by atoms with Crippen molar-refractivity contribution in [1.82, 2.24) is 15.5 Å². The molecule has 1 saturated heterocycles. The maximum atomic E-state index is 12.2. The fourth-order valence-electron chi connectivity index (χ4n) is 3.41. The van der Waals surface area contributed by atoms with Gasteiger partial charge in [-0.15, -0.1) is 0 Å². The summed E-state index contributed by atoms with van der Waals surface area (Å²) in [5.41, 5.74) is 1.20. The number of benzene rings is 1. The molecule has 0 aromatic heterocycles. The minimum absolute atomic E-state index is 0.191. The van der Waals surface area contributed by atoms with Crippen LogP contribution in [0.4, 0.5) is 0 Å². The Kier molecular flexibility index (Phi) is 8.76. The van der Waals surface area contributed by atoms with E-state index in [1.165, 1.54) is 18.4 Å². The molecule has 2 unspecified atom stereocenters. The molecule has 2 N–H and O–H groups in total. The Morgan fingerprint density at radius 2 is 1.93 bits per heavy atom. The maximum absolute atomic E-state index is 12.2. The van der Waals surface area contributed by atoms with Crippen LogP contribution in [-0.4, -0.2) is 65.9 Å². The Labute approximate surface area is 172 Å². The van der Waals surface area contributed by atoms with E-state index >= 15 is 0 Å². The van der Waals surface area contributed by atoms with Crippen molar-refractivity contribution in [2.24, 2.45) is 4.99 Å². The van der Waals surface area contributed by atoms with Crippen molar-refractivity contribution in [3.63, 3.8) is 0 Å². The molecule has 6 nitrogen and oxygen atoms in total. The predicted molar refractivity (Wildman–Crippen MR) is 119 cm³/mol. The number of para-hydroxylation sites is 1. The van der Waals surface area contributed by atoms with Crippen molar-refractivity contribution in [2.45, 2.75) is 44.4 Å². The highest BCUT2D eigenvalue weighted by Crippen LogP contribution is 2.31. The zero-order valence-electron chi connectivity index (χ0n) is 18.0. The summed E-state index contributed by atoms with van der Waals surface area (Å²) in [4.78, 5) is 6.83. The SMILES string of the molecule is CN=C(NCCS(=O)C(C)(C)C)NCC(c1ccccc1OC)N1CCCC1. The van der Waals surface area contributed by atoms with Crippen LogP contribution >= 0.6 is 0 Å². The zero-order chi connectivity index (χ0) is 20.6. The first-order valence-electron chi connectivity index (χ1n) is 10.1. The highest BCUT2D eigenvalue weighted by molar-refractivity contribution is 7.86. The van der Waals surface area contributed by atoms with Gasteiger partial charge in [-0.05, 0) is 52.8 Å². The molecule has 0 bridgehead atoms. The van der Waals surface area contributed by atoms with Crippen LogP contribution in [0, 0.1) is 0 Å². The maximum Gasteiger partial charge on any atom is 0.191 e. The van der Waals surface area contributed by atoms with Gasteiger partial charge in [0.25, 0.3) is 0 Å². The van der Waals surface area contributed by atoms with Crippen molar-refractivity contribution < 1.29 is 8.95 Å². The molecule has 0 amide bonds. The van der Waals surface area contributed by atoms with Crippen molar-refractivity contribution in [3.8, 4) is 5.75 Å². The molecule has 0 aliphatic carbocycles. The van der Waals surface area contributed by atoms with Crippen LogP contribution < -0.4 is 15.4 Å². The molecule has 28 heavy (non-hydrogen) atoms. The largest absolute Gasteiger partial charge is 0.496 e. The Bertz CT molecular complexity index is 667. The second-order valence-corrected chi connectivity index (χ2v) is 10.4. The number of ether oxygens (including phenoxy) is 1. The molecule has 7 heteroatoms. The van der Waals surface area contributed by atoms with Gasteiger partial charge in [0, 0.05) is 47.0 Å². The second kappa shape index (κ2) is 10.8. The quantitative estimate of drug-likeness (QED) is 0.511. The van der Waals surface area contributed by atoms with E-state index in [1.54, 1.807) is 14.2 Å². The summed E-state index contributed by atoms with van der Waals surface area (Å²) in [5, 5.41) is 6.75. The standard InChI is InChI=1S/C21H36N4O2S/c1-21(2,3)28(26)15-12-23-20(22-4)24-16-18(25-13-8-9-14-25)17-10-6-7-11-19(17)27-5/h6-7,10-11,18H,8-9,12-16H2,1-5H3,(H2,22,23,24). The van der Waals surface area contributed by atoms with E-state index in [9.17, 15) is 4.21 Å². The highest BCUT2D eigenvalue weighted by atomic mass is 32.2. The third kappa shape index (κ3) is 6.48. The molecule has 2 rings (SSSR count). The van der Waals surface area contributed by atoms with Crippen molar-refractivity contribution >= 4 is 16.8 Å². The smallest absolute Gasteiger partial charge is 0.191 e. The summed E-state index contributed by atoms with van der Waals surface area (Å²) in [6.45, 7) is 9.58. The average Bonchev–Trinajstić information content (AvgIpc) is 3.20. The van der Waals surface area contributed by atoms with E-state index in [0.717, 1.165) is 31.3 Å². The third-order valence-electron chi connectivity index (χ3n) is 5.03. The van der Waals surface area contributed by atoms with Gasteiger partial charge < -0.3 is 15.4 Å². The fraction of sp³-hybridized carbons (Fsp3) is 0.667. The summed E-state index contributed by atoms with van der Waals surface area (Å²) < 4.78 is 17.6. The number of nitrogens with zero attached hydrogens (tertiary/aromatic N) is 2. The predicted octanol–water partition coefficient (Wildman–Crippen LogP) is 2.54. The lowest BCUT2D eigenvalue weighted by atomic mass is 10.0. The Balaban J connectivity index is 1.99. The van der Waals surface area contributed by atoms with Crippen LogP contribution in [0.5, 0.6) is 5.75 Å². The lowest BCUT2D eigenvalue weighted by Gasteiger charge is -2.30. The van der Waals surface area contributed by atoms with Crippen LogP contribution in [0.3, 0.4) is 0 Å². The van der Waals surface area contributed by atoms with Gasteiger partial charge in [-0.1, -0.05) is 18.2 Å². The van der Waals surface area contributed by atoms with E-state index in [4.69, 9.17) is 4.74 Å². The summed E-state index contributed by atoms with van der Waals surface area (Å²) in [5.74, 6) is 2.27. The lowest BCUT2D eigenvalue weighted by Crippen LogP contribution is -2.44. The van der Waals surface area contributed by atoms with Crippen molar-refractivity contribution in [1.29, 1.82) is 0 Å². The van der Waals surface area contributed by atoms with Gasteiger partial charge in [0.2, 0.25) is 0 Å². The van der Waals surface area contributed by atoms with Crippen LogP contribution in [0.1, 0.15) is 45.2 Å². The second-order valence-electron chi connectivity index (χ2n) is 8.04. The Morgan fingerprint density at radius 3 is 2.54 bits per heavy atom. The van der Waals surface area contributed by atoms with E-state index in [0.29, 0.717) is 12.3 Å². The summed E-state index contributed by atoms with van der Waals surface area (Å²) in [6, 6.07) is 8.46. The van der Waals surface area contributed by atoms with E-state index < -0.39 is 10.8 Å². The molecule has 0 radical (unpaired) electrons. The van der Waals surface area contributed by atoms with Gasteiger partial charge >= 0.3 is 0 Å². The van der Waals surface area contributed by atoms with Crippen molar-refractivity contribution in [3.05, 3.63) is 29.8 Å². The summed E-state index contributed by atoms with van der Waals surface area (Å²) >= 11 is 0. The molecule has 1 aromatic rings. The van der Waals surface area contributed by atoms with E-state index in [2.05, 4.69) is 32.7 Å². The van der Waals surface area contributed by atoms with Crippen LogP contribution in [0.2, 0.25) is 0 Å². The van der Waals surface area contributed by atoms with Gasteiger partial charge in [-0.3, -0.25) is 14.1 Å². The summed E-state index contributed by atoms with van der Waals surface area (Å²) in [7, 11) is 2.62. The van der Waals surface area contributed by atoms with Gasteiger partial charge in [0.15, 0.2) is 5.96 Å². The number of methoxy groups -OCH3 is 1. The molecule has 2 atom stereocenters. The van der Waals surface area contributed by atoms with Crippen molar-refractivity contribution in [2.75, 3.05) is 46.1 Å². The molecule has 1 fully saturated rings. The lowest BCUT2D eigenvalue weighted by molar-refractivity contribution is 0.239. The third-order valence-corrected chi connectivity index (χ3v) is 6.97. The first-order chi connectivity index (χ1) is 13.4. The number of likely N-dealkylation sites (tertiary alicyclic amines) is 1. The van der Waals surface area contributed by atoms with Gasteiger partial charge in [0.05, 0.1) is 13.2 Å². The van der Waals surface area contributed by atoms with E-state index in [-0.39, 0.29) is 10.8 Å². The Hall–Kier alpha value is -1.60. The van der Waals surface area contributed by atoms with Gasteiger partial charge in [0.1, 0.15) is 5.75 Å². The molecular weight excluding hydrogens is 372 g/mol. The molecule has 1 aliphatic rings. The first-order valence-corrected chi connectivity index (χ1v) is 11.4. The molecule has 1 aliphatic heterocycles. The van der Waals surface area contributed by atoms with Crippen LogP contribution in [-0.2, 0) is 10.8 Å². The number of hydrogen-bond donors (Lipinski definition) is 2. The number of rotatable bonds is 8. The molecule has 0 spiro atoms. The molecule has 158 valence electrons. The minimum Gasteiger partial charge on any atom is -0.496 e. The number of hydrogen-bond acceptors (Lipinski definition) is 4. The topological polar surface area (TPSA) is 66.0 Å². The molecule has 1 aromatic carbocycles. The Morgan fingerprint density at radius 1 is 1.25 bits per heavy atom. The van der Waals surface area contributed by atoms with Gasteiger partial charge in [-0.25, -0.2) is 0 Å². The number of nitrogens with one attached hydrogen (secondary N) is 2. The van der Waals surface area contributed by atoms with Crippen LogP contribution in [0.15, 0.2) is 29.3 Å². The number of guanidine groups is 1. The van der Waals surface area contributed by atoms with Gasteiger partial charge in [-0.2, -0.15) is 0 Å². The zero-order valence-corrected chi connectivity index (χ0v) is 18.8. The molecular formula is C21H36N4O2S. The highest BCUT2D eigenvalue weighted by Gasteiger charge is 2.26. The molecule has 1 heterocycles. The number of aliphatic imine (C=N–C) groups is 1. The normalized spacial score (nSPS) is 18.0.